The zero-order chi connectivity index (χ0) is 18.9. The van der Waals surface area contributed by atoms with Crippen LogP contribution in [0.4, 0.5) is 14.5 Å². The van der Waals surface area contributed by atoms with E-state index in [0.717, 1.165) is 11.3 Å². The van der Waals surface area contributed by atoms with Gasteiger partial charge < -0.3 is 4.74 Å². The van der Waals surface area contributed by atoms with Gasteiger partial charge in [-0.2, -0.15) is 5.26 Å². The molecular formula is C16H9ClF2N2O3S2. The number of benzene rings is 2. The first-order valence-corrected chi connectivity index (χ1v) is 9.74. The van der Waals surface area contributed by atoms with E-state index in [1.165, 1.54) is 11.4 Å². The number of rotatable bonds is 5. The summed E-state index contributed by atoms with van der Waals surface area (Å²) in [6.07, 6.45) is 0. The van der Waals surface area contributed by atoms with Crippen LogP contribution < -0.4 is 9.46 Å². The Morgan fingerprint density at radius 2 is 2.00 bits per heavy atom. The summed E-state index contributed by atoms with van der Waals surface area (Å²) in [6, 6.07) is 7.65. The fourth-order valence-electron chi connectivity index (χ4n) is 2.21. The smallest absolute Gasteiger partial charge is 0.263 e. The third-order valence-electron chi connectivity index (χ3n) is 3.35. The molecule has 134 valence electrons. The summed E-state index contributed by atoms with van der Waals surface area (Å²) in [5.41, 5.74) is -0.569. The van der Waals surface area contributed by atoms with Crippen molar-refractivity contribution in [3.05, 3.63) is 52.4 Å². The highest BCUT2D eigenvalue weighted by molar-refractivity contribution is 7.93. The van der Waals surface area contributed by atoms with Crippen LogP contribution in [0.1, 0.15) is 0 Å². The minimum Gasteiger partial charge on any atom is -0.476 e. The monoisotopic (exact) mass is 414 g/mol. The summed E-state index contributed by atoms with van der Waals surface area (Å²) in [5, 5.41) is 10.7. The summed E-state index contributed by atoms with van der Waals surface area (Å²) in [7, 11) is -4.16. The van der Waals surface area contributed by atoms with E-state index in [1.807, 2.05) is 4.72 Å². The highest BCUT2D eigenvalue weighted by Crippen LogP contribution is 2.33. The van der Waals surface area contributed by atoms with E-state index in [-0.39, 0.29) is 4.90 Å². The molecule has 0 amide bonds. The normalized spacial score (nSPS) is 11.3. The van der Waals surface area contributed by atoms with Crippen LogP contribution >= 0.6 is 22.9 Å². The van der Waals surface area contributed by atoms with E-state index >= 15 is 0 Å². The molecule has 3 aromatic rings. The highest BCUT2D eigenvalue weighted by atomic mass is 35.5. The molecular weight excluding hydrogens is 406 g/mol. The summed E-state index contributed by atoms with van der Waals surface area (Å²) in [5.74, 6) is -2.52. The molecule has 1 N–H and O–H groups in total. The first-order chi connectivity index (χ1) is 12.3. The van der Waals surface area contributed by atoms with Crippen LogP contribution in [0.5, 0.6) is 5.75 Å². The molecule has 5 nitrogen and oxygen atoms in total. The minimum atomic E-state index is -4.16. The molecule has 2 aromatic carbocycles. The van der Waals surface area contributed by atoms with Crippen molar-refractivity contribution in [2.75, 3.05) is 11.3 Å². The Bertz CT molecular complexity index is 1140. The fraction of sp³-hybridized carbons (Fsp3) is 0.0625. The van der Waals surface area contributed by atoms with Crippen LogP contribution in [0.3, 0.4) is 0 Å². The lowest BCUT2D eigenvalue weighted by Crippen LogP contribution is -2.14. The summed E-state index contributed by atoms with van der Waals surface area (Å²) < 4.78 is 60.6. The number of halogens is 3. The van der Waals surface area contributed by atoms with Gasteiger partial charge in [0.05, 0.1) is 5.69 Å². The quantitative estimate of drug-likeness (QED) is 0.665. The van der Waals surface area contributed by atoms with E-state index in [0.29, 0.717) is 27.2 Å². The van der Waals surface area contributed by atoms with Crippen LogP contribution in [0.15, 0.2) is 40.6 Å². The van der Waals surface area contributed by atoms with E-state index in [1.54, 1.807) is 18.2 Å². The molecule has 1 aromatic heterocycles. The van der Waals surface area contributed by atoms with Crippen molar-refractivity contribution in [3.63, 3.8) is 0 Å². The number of fused-ring (bicyclic) bond motifs is 1. The van der Waals surface area contributed by atoms with Gasteiger partial charge in [0.15, 0.2) is 24.0 Å². The number of ether oxygens (including phenoxy) is 1. The van der Waals surface area contributed by atoms with Crippen molar-refractivity contribution in [1.82, 2.24) is 0 Å². The Kier molecular flexibility index (Phi) is 5.00. The van der Waals surface area contributed by atoms with Crippen molar-refractivity contribution in [2.45, 2.75) is 4.90 Å². The maximum absolute atomic E-state index is 14.1. The number of anilines is 1. The number of nitriles is 1. The predicted octanol–water partition coefficient (Wildman–Crippen LogP) is 4.54. The molecule has 1 heterocycles. The highest BCUT2D eigenvalue weighted by Gasteiger charge is 2.22. The van der Waals surface area contributed by atoms with E-state index in [4.69, 9.17) is 21.6 Å². The molecule has 0 aliphatic carbocycles. The van der Waals surface area contributed by atoms with Gasteiger partial charge in [-0.05, 0) is 12.1 Å². The second-order valence-corrected chi connectivity index (χ2v) is 8.05. The summed E-state index contributed by atoms with van der Waals surface area (Å²) >= 11 is 7.04. The summed E-state index contributed by atoms with van der Waals surface area (Å²) in [4.78, 5) is -0.0706. The number of hydrogen-bond acceptors (Lipinski definition) is 5. The molecule has 0 fully saturated rings. The van der Waals surface area contributed by atoms with E-state index < -0.39 is 39.7 Å². The standard InChI is InChI=1S/C16H9ClF2N2O3S2/c17-9-1-2-10-15(5-9)25-8-16(10)26(22,23)21-13-6-12(19)14(7-11(13)18)24-4-3-20/h1-2,5-8,21H,4H2. The Labute approximate surface area is 156 Å². The molecule has 0 atom stereocenters. The van der Waals surface area contributed by atoms with E-state index in [9.17, 15) is 17.2 Å². The van der Waals surface area contributed by atoms with Gasteiger partial charge in [-0.1, -0.05) is 17.7 Å². The lowest BCUT2D eigenvalue weighted by Gasteiger charge is -2.11. The topological polar surface area (TPSA) is 79.2 Å². The number of nitrogens with zero attached hydrogens (tertiary/aromatic N) is 1. The summed E-state index contributed by atoms with van der Waals surface area (Å²) in [6.45, 7) is -0.467. The first-order valence-electron chi connectivity index (χ1n) is 7.00. The largest absolute Gasteiger partial charge is 0.476 e. The van der Waals surface area contributed by atoms with E-state index in [2.05, 4.69) is 0 Å². The molecule has 0 spiro atoms. The van der Waals surface area contributed by atoms with Gasteiger partial charge >= 0.3 is 0 Å². The van der Waals surface area contributed by atoms with Crippen molar-refractivity contribution in [2.24, 2.45) is 0 Å². The zero-order valence-corrected chi connectivity index (χ0v) is 15.2. The molecule has 10 heteroatoms. The first kappa shape index (κ1) is 18.4. The maximum Gasteiger partial charge on any atom is 0.263 e. The number of nitrogens with one attached hydrogen (secondary N) is 1. The Morgan fingerprint density at radius 1 is 1.23 bits per heavy atom. The molecule has 0 aliphatic heterocycles. The molecule has 0 unspecified atom stereocenters. The predicted molar refractivity (Wildman–Crippen MR) is 95.1 cm³/mol. The molecule has 0 aliphatic rings. The maximum atomic E-state index is 14.1. The average Bonchev–Trinajstić information content (AvgIpc) is 3.00. The Balaban J connectivity index is 1.97. The van der Waals surface area contributed by atoms with Crippen LogP contribution in [-0.4, -0.2) is 15.0 Å². The molecule has 26 heavy (non-hydrogen) atoms. The van der Waals surface area contributed by atoms with Crippen LogP contribution in [0, 0.1) is 23.0 Å². The van der Waals surface area contributed by atoms with Crippen LogP contribution in [0.2, 0.25) is 5.02 Å². The molecule has 3 rings (SSSR count). The van der Waals surface area contributed by atoms with Gasteiger partial charge in [0, 0.05) is 32.6 Å². The van der Waals surface area contributed by atoms with Gasteiger partial charge in [0.25, 0.3) is 10.0 Å². The number of thiophene rings is 1. The number of sulfonamides is 1. The minimum absolute atomic E-state index is 0.0706. The third kappa shape index (κ3) is 3.58. The SMILES string of the molecule is N#CCOc1cc(F)c(NS(=O)(=O)c2csc3cc(Cl)ccc23)cc1F. The lowest BCUT2D eigenvalue weighted by molar-refractivity contribution is 0.344. The second kappa shape index (κ2) is 7.07. The van der Waals surface area contributed by atoms with Crippen molar-refractivity contribution in [1.29, 1.82) is 5.26 Å². The Morgan fingerprint density at radius 3 is 2.73 bits per heavy atom. The Hall–Kier alpha value is -2.41. The number of hydrogen-bond donors (Lipinski definition) is 1. The van der Waals surface area contributed by atoms with Crippen molar-refractivity contribution in [3.8, 4) is 11.8 Å². The van der Waals surface area contributed by atoms with Gasteiger partial charge in [-0.25, -0.2) is 17.2 Å². The van der Waals surface area contributed by atoms with Crippen LogP contribution in [0.25, 0.3) is 10.1 Å². The van der Waals surface area contributed by atoms with Gasteiger partial charge in [0.1, 0.15) is 11.0 Å². The molecule has 0 bridgehead atoms. The lowest BCUT2D eigenvalue weighted by atomic mass is 10.3. The van der Waals surface area contributed by atoms with Gasteiger partial charge in [-0.15, -0.1) is 11.3 Å². The van der Waals surface area contributed by atoms with Crippen LogP contribution in [-0.2, 0) is 10.0 Å². The zero-order valence-electron chi connectivity index (χ0n) is 12.8. The fourth-order valence-corrected chi connectivity index (χ4v) is 5.05. The van der Waals surface area contributed by atoms with Gasteiger partial charge in [0.2, 0.25) is 0 Å². The average molecular weight is 415 g/mol. The molecule has 0 saturated carbocycles. The molecule has 0 saturated heterocycles. The van der Waals surface area contributed by atoms with Gasteiger partial charge in [-0.3, -0.25) is 4.72 Å². The molecule has 0 radical (unpaired) electrons. The van der Waals surface area contributed by atoms with Crippen molar-refractivity contribution >= 4 is 48.7 Å². The third-order valence-corrected chi connectivity index (χ3v) is 6.08. The second-order valence-electron chi connectivity index (χ2n) is 5.06. The van der Waals surface area contributed by atoms with Crippen molar-refractivity contribution < 1.29 is 21.9 Å².